The van der Waals surface area contributed by atoms with E-state index in [0.717, 1.165) is 11.4 Å². The van der Waals surface area contributed by atoms with E-state index in [4.69, 9.17) is 11.6 Å². The Bertz CT molecular complexity index is 780. The molecule has 4 rings (SSSR count). The fourth-order valence-corrected chi connectivity index (χ4v) is 2.38. The third-order valence-corrected chi connectivity index (χ3v) is 3.61. The Balaban J connectivity index is 1.72. The van der Waals surface area contributed by atoms with Crippen molar-refractivity contribution in [3.8, 4) is 17.2 Å². The summed E-state index contributed by atoms with van der Waals surface area (Å²) in [5.41, 5.74) is 2.52. The molecular weight excluding hydrogens is 286 g/mol. The van der Waals surface area contributed by atoms with Crippen molar-refractivity contribution in [2.24, 2.45) is 0 Å². The number of hydrogen-bond donors (Lipinski definition) is 0. The predicted octanol–water partition coefficient (Wildman–Crippen LogP) is 3.26. The Hall–Kier alpha value is -2.27. The number of nitrogens with zero attached hydrogens (tertiary/aromatic N) is 5. The lowest BCUT2D eigenvalue weighted by atomic mass is 10.3. The third kappa shape index (κ3) is 2.52. The van der Waals surface area contributed by atoms with Crippen molar-refractivity contribution in [2.45, 2.75) is 18.8 Å². The van der Waals surface area contributed by atoms with Crippen LogP contribution in [0.3, 0.4) is 0 Å². The van der Waals surface area contributed by atoms with Crippen molar-refractivity contribution in [2.75, 3.05) is 0 Å². The van der Waals surface area contributed by atoms with E-state index < -0.39 is 0 Å². The number of aromatic nitrogens is 5. The normalized spacial score (nSPS) is 14.3. The van der Waals surface area contributed by atoms with Crippen molar-refractivity contribution in [3.05, 3.63) is 53.4 Å². The second-order valence-corrected chi connectivity index (χ2v) is 5.46. The van der Waals surface area contributed by atoms with Gasteiger partial charge in [0, 0.05) is 11.6 Å². The first-order valence-corrected chi connectivity index (χ1v) is 7.20. The van der Waals surface area contributed by atoms with Crippen LogP contribution in [0.25, 0.3) is 17.2 Å². The second kappa shape index (κ2) is 4.93. The van der Waals surface area contributed by atoms with Gasteiger partial charge in [-0.1, -0.05) is 29.8 Å². The molecule has 1 aliphatic carbocycles. The maximum absolute atomic E-state index is 6.09. The largest absolute Gasteiger partial charge is 0.231 e. The maximum Gasteiger partial charge on any atom is 0.183 e. The van der Waals surface area contributed by atoms with Gasteiger partial charge in [0.05, 0.1) is 11.9 Å². The molecule has 1 aromatic carbocycles. The van der Waals surface area contributed by atoms with Crippen LogP contribution in [0.1, 0.15) is 24.5 Å². The van der Waals surface area contributed by atoms with Crippen molar-refractivity contribution in [3.63, 3.8) is 0 Å². The van der Waals surface area contributed by atoms with E-state index in [1.54, 1.807) is 11.0 Å². The molecule has 3 aromatic rings. The number of benzene rings is 1. The molecule has 0 aliphatic heterocycles. The zero-order valence-corrected chi connectivity index (χ0v) is 11.9. The number of para-hydroxylation sites is 1. The fourth-order valence-electron chi connectivity index (χ4n) is 2.19. The Morgan fingerprint density at radius 1 is 1.10 bits per heavy atom. The van der Waals surface area contributed by atoms with Gasteiger partial charge in [-0.05, 0) is 31.0 Å². The quantitative estimate of drug-likeness (QED) is 0.696. The van der Waals surface area contributed by atoms with E-state index in [9.17, 15) is 0 Å². The van der Waals surface area contributed by atoms with E-state index in [0.29, 0.717) is 22.6 Å². The van der Waals surface area contributed by atoms with Gasteiger partial charge < -0.3 is 0 Å². The van der Waals surface area contributed by atoms with E-state index >= 15 is 0 Å². The molecule has 2 aromatic heterocycles. The SMILES string of the molecule is Clc1cc(C2CC2)nc(-c2cnn(-c3ccccc3)n2)n1. The average molecular weight is 298 g/mol. The Labute approximate surface area is 126 Å². The maximum atomic E-state index is 6.09. The second-order valence-electron chi connectivity index (χ2n) is 5.07. The molecule has 0 unspecified atom stereocenters. The summed E-state index contributed by atoms with van der Waals surface area (Å²) in [6, 6.07) is 11.6. The lowest BCUT2D eigenvalue weighted by molar-refractivity contribution is 0.752. The van der Waals surface area contributed by atoms with E-state index in [1.165, 1.54) is 12.8 Å². The molecule has 0 radical (unpaired) electrons. The molecule has 0 atom stereocenters. The minimum Gasteiger partial charge on any atom is -0.231 e. The Morgan fingerprint density at radius 3 is 2.67 bits per heavy atom. The highest BCUT2D eigenvalue weighted by Gasteiger charge is 2.26. The summed E-state index contributed by atoms with van der Waals surface area (Å²) >= 11 is 6.09. The molecule has 6 heteroatoms. The van der Waals surface area contributed by atoms with E-state index in [-0.39, 0.29) is 0 Å². The van der Waals surface area contributed by atoms with Crippen molar-refractivity contribution in [1.82, 2.24) is 25.0 Å². The third-order valence-electron chi connectivity index (χ3n) is 3.42. The molecule has 0 N–H and O–H groups in total. The van der Waals surface area contributed by atoms with Crippen LogP contribution in [0.15, 0.2) is 42.6 Å². The molecule has 1 saturated carbocycles. The van der Waals surface area contributed by atoms with Gasteiger partial charge in [0.15, 0.2) is 11.5 Å². The summed E-state index contributed by atoms with van der Waals surface area (Å²) in [5.74, 6) is 1.06. The smallest absolute Gasteiger partial charge is 0.183 e. The molecular formula is C15H12ClN5. The van der Waals surface area contributed by atoms with Gasteiger partial charge in [0.2, 0.25) is 0 Å². The molecule has 104 valence electrons. The van der Waals surface area contributed by atoms with Crippen LogP contribution in [-0.2, 0) is 0 Å². The molecule has 1 fully saturated rings. The van der Waals surface area contributed by atoms with Crippen LogP contribution in [-0.4, -0.2) is 25.0 Å². The molecule has 0 bridgehead atoms. The van der Waals surface area contributed by atoms with Crippen molar-refractivity contribution < 1.29 is 0 Å². The van der Waals surface area contributed by atoms with Crippen LogP contribution in [0.5, 0.6) is 0 Å². The molecule has 1 aliphatic rings. The first kappa shape index (κ1) is 12.5. The minimum absolute atomic E-state index is 0.455. The minimum atomic E-state index is 0.455. The van der Waals surface area contributed by atoms with Crippen LogP contribution >= 0.6 is 11.6 Å². The van der Waals surface area contributed by atoms with E-state index in [2.05, 4.69) is 20.2 Å². The highest BCUT2D eigenvalue weighted by Crippen LogP contribution is 2.39. The number of hydrogen-bond acceptors (Lipinski definition) is 4. The predicted molar refractivity (Wildman–Crippen MR) is 79.4 cm³/mol. The number of halogens is 1. The van der Waals surface area contributed by atoms with Crippen molar-refractivity contribution in [1.29, 1.82) is 0 Å². The molecule has 0 spiro atoms. The van der Waals surface area contributed by atoms with Crippen LogP contribution in [0.4, 0.5) is 0 Å². The standard InChI is InChI=1S/C15H12ClN5/c16-14-8-12(10-6-7-10)18-15(19-14)13-9-17-21(20-13)11-4-2-1-3-5-11/h1-5,8-10H,6-7H2. The summed E-state index contributed by atoms with van der Waals surface area (Å²) < 4.78 is 0. The zero-order valence-electron chi connectivity index (χ0n) is 11.1. The highest BCUT2D eigenvalue weighted by molar-refractivity contribution is 6.29. The van der Waals surface area contributed by atoms with Gasteiger partial charge in [-0.3, -0.25) is 0 Å². The molecule has 0 saturated heterocycles. The van der Waals surface area contributed by atoms with Gasteiger partial charge in [-0.15, -0.1) is 5.10 Å². The summed E-state index contributed by atoms with van der Waals surface area (Å²) in [7, 11) is 0. The van der Waals surface area contributed by atoms with Crippen molar-refractivity contribution >= 4 is 11.6 Å². The fraction of sp³-hybridized carbons (Fsp3) is 0.200. The molecule has 0 amide bonds. The molecule has 21 heavy (non-hydrogen) atoms. The lowest BCUT2D eigenvalue weighted by Gasteiger charge is -2.01. The topological polar surface area (TPSA) is 56.5 Å². The van der Waals surface area contributed by atoms with Gasteiger partial charge in [-0.25, -0.2) is 9.97 Å². The summed E-state index contributed by atoms with van der Waals surface area (Å²) in [6.45, 7) is 0. The van der Waals surface area contributed by atoms with Gasteiger partial charge in [0.25, 0.3) is 0 Å². The summed E-state index contributed by atoms with van der Waals surface area (Å²) in [5, 5.41) is 9.15. The van der Waals surface area contributed by atoms with E-state index in [1.807, 2.05) is 36.4 Å². The molecule has 5 nitrogen and oxygen atoms in total. The Morgan fingerprint density at radius 2 is 1.90 bits per heavy atom. The Kier molecular flexibility index (Phi) is 2.93. The van der Waals surface area contributed by atoms with Gasteiger partial charge in [0.1, 0.15) is 5.15 Å². The van der Waals surface area contributed by atoms with Crippen LogP contribution in [0.2, 0.25) is 5.15 Å². The zero-order chi connectivity index (χ0) is 14.2. The average Bonchev–Trinajstić information content (AvgIpc) is 3.24. The lowest BCUT2D eigenvalue weighted by Crippen LogP contribution is -1.99. The summed E-state index contributed by atoms with van der Waals surface area (Å²) in [4.78, 5) is 10.4. The van der Waals surface area contributed by atoms with Gasteiger partial charge >= 0.3 is 0 Å². The highest BCUT2D eigenvalue weighted by atomic mass is 35.5. The van der Waals surface area contributed by atoms with Crippen LogP contribution in [0, 0.1) is 0 Å². The number of rotatable bonds is 3. The van der Waals surface area contributed by atoms with Crippen LogP contribution < -0.4 is 0 Å². The monoisotopic (exact) mass is 297 g/mol. The first-order valence-electron chi connectivity index (χ1n) is 6.82. The first-order chi connectivity index (χ1) is 10.3. The molecule has 2 heterocycles. The summed E-state index contributed by atoms with van der Waals surface area (Å²) in [6.07, 6.45) is 4.00. The van der Waals surface area contributed by atoms with Gasteiger partial charge in [-0.2, -0.15) is 9.90 Å².